The van der Waals surface area contributed by atoms with E-state index in [1.54, 1.807) is 0 Å². The fourth-order valence-electron chi connectivity index (χ4n) is 4.36. The first kappa shape index (κ1) is 19.7. The fraction of sp³-hybridized carbons (Fsp3) is 0.333. The van der Waals surface area contributed by atoms with Crippen LogP contribution < -0.4 is 10.2 Å². The molecule has 1 aliphatic carbocycles. The molecule has 4 nitrogen and oxygen atoms in total. The Morgan fingerprint density at radius 2 is 2.00 bits per heavy atom. The molecule has 2 amide bonds. The number of carbonyl (C=O) groups excluding carboxylic acids is 2. The van der Waals surface area contributed by atoms with Crippen LogP contribution in [-0.4, -0.2) is 18.4 Å². The summed E-state index contributed by atoms with van der Waals surface area (Å²) in [6.07, 6.45) is 5.64. The maximum absolute atomic E-state index is 13.3. The summed E-state index contributed by atoms with van der Waals surface area (Å²) < 4.78 is 0. The van der Waals surface area contributed by atoms with E-state index in [2.05, 4.69) is 17.5 Å². The van der Waals surface area contributed by atoms with Crippen LogP contribution in [0.3, 0.4) is 0 Å². The number of hydrogen-bond acceptors (Lipinski definition) is 2. The Morgan fingerprint density at radius 1 is 1.21 bits per heavy atom. The average molecular weight is 409 g/mol. The van der Waals surface area contributed by atoms with Crippen LogP contribution in [0.1, 0.15) is 24.0 Å². The molecule has 5 heteroatoms. The summed E-state index contributed by atoms with van der Waals surface area (Å²) in [4.78, 5) is 28.2. The van der Waals surface area contributed by atoms with E-state index in [0.29, 0.717) is 24.5 Å². The molecule has 1 heterocycles. The predicted octanol–water partition coefficient (Wildman–Crippen LogP) is 4.51. The third-order valence-electron chi connectivity index (χ3n) is 6.01. The number of rotatable bonds is 4. The molecule has 0 radical (unpaired) electrons. The van der Waals surface area contributed by atoms with Gasteiger partial charge in [0, 0.05) is 23.8 Å². The number of benzene rings is 2. The summed E-state index contributed by atoms with van der Waals surface area (Å²) >= 11 is 6.19. The Morgan fingerprint density at radius 3 is 2.76 bits per heavy atom. The zero-order valence-electron chi connectivity index (χ0n) is 16.5. The van der Waals surface area contributed by atoms with Gasteiger partial charge < -0.3 is 10.2 Å². The molecule has 1 aliphatic heterocycles. The van der Waals surface area contributed by atoms with Crippen molar-refractivity contribution in [2.45, 2.75) is 26.3 Å². The van der Waals surface area contributed by atoms with Gasteiger partial charge in [-0.3, -0.25) is 9.59 Å². The van der Waals surface area contributed by atoms with E-state index in [1.165, 1.54) is 0 Å². The Bertz CT molecular complexity index is 941. The lowest BCUT2D eigenvalue weighted by Crippen LogP contribution is -2.52. The van der Waals surface area contributed by atoms with Crippen LogP contribution >= 0.6 is 11.6 Å². The van der Waals surface area contributed by atoms with Crippen molar-refractivity contribution in [3.8, 4) is 0 Å². The molecule has 0 spiro atoms. The highest BCUT2D eigenvalue weighted by Crippen LogP contribution is 2.39. The first-order valence-electron chi connectivity index (χ1n) is 10.1. The van der Waals surface area contributed by atoms with Crippen molar-refractivity contribution in [2.75, 3.05) is 11.4 Å². The number of para-hydroxylation sites is 1. The van der Waals surface area contributed by atoms with Crippen LogP contribution in [0.5, 0.6) is 0 Å². The van der Waals surface area contributed by atoms with Gasteiger partial charge in [-0.1, -0.05) is 54.1 Å². The zero-order valence-corrected chi connectivity index (χ0v) is 17.2. The Hall–Kier alpha value is -2.59. The van der Waals surface area contributed by atoms with E-state index in [0.717, 1.165) is 23.2 Å². The fourth-order valence-corrected chi connectivity index (χ4v) is 4.57. The minimum Gasteiger partial charge on any atom is -0.352 e. The summed E-state index contributed by atoms with van der Waals surface area (Å²) in [5, 5.41) is 3.71. The van der Waals surface area contributed by atoms with Gasteiger partial charge in [-0.15, -0.1) is 0 Å². The van der Waals surface area contributed by atoms with E-state index in [4.69, 9.17) is 11.6 Å². The quantitative estimate of drug-likeness (QED) is 0.756. The van der Waals surface area contributed by atoms with Gasteiger partial charge in [0.25, 0.3) is 0 Å². The van der Waals surface area contributed by atoms with Gasteiger partial charge in [-0.05, 0) is 55.0 Å². The Balaban J connectivity index is 1.49. The van der Waals surface area contributed by atoms with Gasteiger partial charge in [0.2, 0.25) is 11.8 Å². The molecule has 2 aromatic rings. The Labute approximate surface area is 176 Å². The second-order valence-corrected chi connectivity index (χ2v) is 8.28. The molecule has 3 atom stereocenters. The molecule has 1 N–H and O–H groups in total. The van der Waals surface area contributed by atoms with Gasteiger partial charge in [0.05, 0.1) is 11.8 Å². The standard InChI is InChI=1S/C24H25ClN2O2/c1-16-10-11-17(14-21(16)25)15-26-23(28)20-9-5-6-18-12-13-27(24(29)22(18)20)19-7-3-2-4-8-19/h2-8,10-11,14,18,20,22H,9,12-13,15H2,1H3,(H,26,28)/t18?,20-,22?/m0/s1. The number of nitrogens with one attached hydrogen (secondary N) is 1. The minimum absolute atomic E-state index is 0.0512. The van der Waals surface area contributed by atoms with E-state index >= 15 is 0 Å². The normalized spacial score (nSPS) is 23.6. The molecule has 150 valence electrons. The van der Waals surface area contributed by atoms with Crippen molar-refractivity contribution in [2.24, 2.45) is 17.8 Å². The lowest BCUT2D eigenvalue weighted by atomic mass is 9.71. The van der Waals surface area contributed by atoms with Gasteiger partial charge in [-0.25, -0.2) is 0 Å². The van der Waals surface area contributed by atoms with Crippen molar-refractivity contribution in [3.05, 3.63) is 76.8 Å². The Kier molecular flexibility index (Phi) is 5.72. The maximum atomic E-state index is 13.3. The highest BCUT2D eigenvalue weighted by Gasteiger charge is 2.44. The minimum atomic E-state index is -0.343. The number of aryl methyl sites for hydroxylation is 1. The van der Waals surface area contributed by atoms with E-state index in [1.807, 2.05) is 60.4 Å². The molecular formula is C24H25ClN2O2. The molecule has 2 aromatic carbocycles. The van der Waals surface area contributed by atoms with Crippen molar-refractivity contribution >= 4 is 29.1 Å². The number of allylic oxidation sites excluding steroid dienone is 2. The number of anilines is 1. The SMILES string of the molecule is Cc1ccc(CNC(=O)[C@H]2CC=CC3CCN(c4ccccc4)C(=O)C32)cc1Cl. The lowest BCUT2D eigenvalue weighted by Gasteiger charge is -2.41. The molecule has 0 bridgehead atoms. The third kappa shape index (κ3) is 4.08. The van der Waals surface area contributed by atoms with Gasteiger partial charge >= 0.3 is 0 Å². The zero-order chi connectivity index (χ0) is 20.4. The van der Waals surface area contributed by atoms with Crippen molar-refractivity contribution in [1.29, 1.82) is 0 Å². The molecule has 1 fully saturated rings. The van der Waals surface area contributed by atoms with Crippen LogP contribution in [0.15, 0.2) is 60.7 Å². The second-order valence-electron chi connectivity index (χ2n) is 7.88. The number of carbonyl (C=O) groups is 2. The number of amides is 2. The molecular weight excluding hydrogens is 384 g/mol. The summed E-state index contributed by atoms with van der Waals surface area (Å²) in [5.41, 5.74) is 2.87. The first-order chi connectivity index (χ1) is 14.0. The van der Waals surface area contributed by atoms with E-state index < -0.39 is 0 Å². The number of nitrogens with zero attached hydrogens (tertiary/aromatic N) is 1. The molecule has 0 aromatic heterocycles. The molecule has 2 unspecified atom stereocenters. The van der Waals surface area contributed by atoms with Crippen LogP contribution in [-0.2, 0) is 16.1 Å². The number of halogens is 1. The lowest BCUT2D eigenvalue weighted by molar-refractivity contribution is -0.136. The summed E-state index contributed by atoms with van der Waals surface area (Å²) in [5.74, 6) is -0.541. The summed E-state index contributed by atoms with van der Waals surface area (Å²) in [7, 11) is 0. The van der Waals surface area contributed by atoms with Crippen molar-refractivity contribution in [1.82, 2.24) is 5.32 Å². The third-order valence-corrected chi connectivity index (χ3v) is 6.42. The van der Waals surface area contributed by atoms with Crippen LogP contribution in [0.2, 0.25) is 5.02 Å². The van der Waals surface area contributed by atoms with Gasteiger partial charge in [0.1, 0.15) is 0 Å². The monoisotopic (exact) mass is 408 g/mol. The predicted molar refractivity (Wildman–Crippen MR) is 116 cm³/mol. The smallest absolute Gasteiger partial charge is 0.231 e. The van der Waals surface area contributed by atoms with Crippen LogP contribution in [0.25, 0.3) is 0 Å². The highest BCUT2D eigenvalue weighted by molar-refractivity contribution is 6.31. The summed E-state index contributed by atoms with van der Waals surface area (Å²) in [6.45, 7) is 3.05. The summed E-state index contributed by atoms with van der Waals surface area (Å²) in [6, 6.07) is 15.5. The van der Waals surface area contributed by atoms with Crippen LogP contribution in [0.4, 0.5) is 5.69 Å². The molecule has 29 heavy (non-hydrogen) atoms. The first-order valence-corrected chi connectivity index (χ1v) is 10.5. The second kappa shape index (κ2) is 8.42. The number of piperidine rings is 1. The largest absolute Gasteiger partial charge is 0.352 e. The number of fused-ring (bicyclic) bond motifs is 1. The molecule has 1 saturated heterocycles. The maximum Gasteiger partial charge on any atom is 0.231 e. The topological polar surface area (TPSA) is 49.4 Å². The highest BCUT2D eigenvalue weighted by atomic mass is 35.5. The van der Waals surface area contributed by atoms with Gasteiger partial charge in [0.15, 0.2) is 0 Å². The van der Waals surface area contributed by atoms with Gasteiger partial charge in [-0.2, -0.15) is 0 Å². The molecule has 0 saturated carbocycles. The molecule has 2 aliphatic rings. The van der Waals surface area contributed by atoms with Crippen molar-refractivity contribution in [3.63, 3.8) is 0 Å². The molecule has 4 rings (SSSR count). The van der Waals surface area contributed by atoms with E-state index in [9.17, 15) is 9.59 Å². The average Bonchev–Trinajstić information content (AvgIpc) is 2.75. The van der Waals surface area contributed by atoms with Crippen molar-refractivity contribution < 1.29 is 9.59 Å². The van der Waals surface area contributed by atoms with E-state index in [-0.39, 0.29) is 29.6 Å². The number of hydrogen-bond donors (Lipinski definition) is 1. The van der Waals surface area contributed by atoms with Crippen LogP contribution in [0, 0.1) is 24.7 Å².